The molecule has 3 heterocycles. The first-order valence-corrected chi connectivity index (χ1v) is 5.65. The Labute approximate surface area is 98.1 Å². The molecule has 0 fully saturated rings. The smallest absolute Gasteiger partial charge is 0.308 e. The van der Waals surface area contributed by atoms with Crippen molar-refractivity contribution in [2.75, 3.05) is 0 Å². The highest BCUT2D eigenvalue weighted by molar-refractivity contribution is 5.70. The third kappa shape index (κ3) is 1.63. The Morgan fingerprint density at radius 2 is 2.47 bits per heavy atom. The topological polar surface area (TPSA) is 70.9 Å². The van der Waals surface area contributed by atoms with Crippen LogP contribution in [-0.4, -0.2) is 25.6 Å². The van der Waals surface area contributed by atoms with Gasteiger partial charge in [-0.1, -0.05) is 0 Å². The van der Waals surface area contributed by atoms with Gasteiger partial charge in [0.05, 0.1) is 17.9 Å². The maximum Gasteiger partial charge on any atom is 0.308 e. The molecule has 0 aliphatic carbocycles. The van der Waals surface area contributed by atoms with Crippen LogP contribution in [0.4, 0.5) is 0 Å². The van der Waals surface area contributed by atoms with Crippen LogP contribution in [0.3, 0.4) is 0 Å². The number of rotatable bonds is 2. The Balaban J connectivity index is 1.95. The predicted octanol–water partition coefficient (Wildman–Crippen LogP) is 1.53. The quantitative estimate of drug-likeness (QED) is 0.823. The lowest BCUT2D eigenvalue weighted by Crippen LogP contribution is -2.26. The number of fused-ring (bicyclic) bond motifs is 1. The lowest BCUT2D eigenvalue weighted by atomic mass is 9.96. The largest absolute Gasteiger partial charge is 0.481 e. The highest BCUT2D eigenvalue weighted by atomic mass is 16.4. The number of aromatic amines is 1. The molecule has 1 unspecified atom stereocenters. The van der Waals surface area contributed by atoms with Crippen LogP contribution in [0.2, 0.25) is 0 Å². The minimum Gasteiger partial charge on any atom is -0.481 e. The van der Waals surface area contributed by atoms with Crippen LogP contribution in [0.1, 0.15) is 12.1 Å². The van der Waals surface area contributed by atoms with Crippen LogP contribution in [0.25, 0.3) is 11.3 Å². The molecule has 0 radical (unpaired) electrons. The second-order valence-corrected chi connectivity index (χ2v) is 4.37. The second kappa shape index (κ2) is 3.76. The third-order valence-corrected chi connectivity index (χ3v) is 3.31. The van der Waals surface area contributed by atoms with E-state index in [0.29, 0.717) is 13.0 Å². The Hall–Kier alpha value is -2.04. The summed E-state index contributed by atoms with van der Waals surface area (Å²) in [5, 5.41) is 9.02. The molecule has 0 spiro atoms. The Kier molecular flexibility index (Phi) is 2.24. The van der Waals surface area contributed by atoms with E-state index in [0.717, 1.165) is 23.4 Å². The average Bonchev–Trinajstić information content (AvgIpc) is 2.96. The monoisotopic (exact) mass is 231 g/mol. The maximum absolute atomic E-state index is 11.0. The van der Waals surface area contributed by atoms with Gasteiger partial charge >= 0.3 is 5.97 Å². The number of aromatic nitrogens is 3. The lowest BCUT2D eigenvalue weighted by molar-refractivity contribution is -0.142. The molecule has 2 N–H and O–H groups in total. The summed E-state index contributed by atoms with van der Waals surface area (Å²) in [6, 6.07) is 1.98. The van der Waals surface area contributed by atoms with Crippen molar-refractivity contribution in [3.8, 4) is 11.3 Å². The molecule has 0 saturated carbocycles. The zero-order chi connectivity index (χ0) is 11.8. The molecule has 2 aromatic heterocycles. The molecule has 0 saturated heterocycles. The van der Waals surface area contributed by atoms with Crippen molar-refractivity contribution in [2.24, 2.45) is 5.92 Å². The molecule has 88 valence electrons. The molecular weight excluding hydrogens is 218 g/mol. The van der Waals surface area contributed by atoms with Gasteiger partial charge in [-0.05, 0) is 18.9 Å². The van der Waals surface area contributed by atoms with Crippen molar-refractivity contribution >= 4 is 5.97 Å². The number of carboxylic acids is 1. The van der Waals surface area contributed by atoms with Gasteiger partial charge in [-0.15, -0.1) is 0 Å². The van der Waals surface area contributed by atoms with Gasteiger partial charge in [0.2, 0.25) is 0 Å². The SMILES string of the molecule is O=C(O)C1CCc2c(-c3cc[nH]c3)ncn2C1. The van der Waals surface area contributed by atoms with Gasteiger partial charge in [0.15, 0.2) is 0 Å². The normalized spacial score (nSPS) is 18.9. The standard InChI is InChI=1S/C12H13N3O2/c16-12(17)9-1-2-10-11(8-3-4-13-5-8)14-7-15(10)6-9/h3-5,7,9,13H,1-2,6H2,(H,16,17). The van der Waals surface area contributed by atoms with Crippen LogP contribution in [0.5, 0.6) is 0 Å². The molecule has 5 heteroatoms. The number of H-pyrrole nitrogens is 1. The number of carbonyl (C=O) groups is 1. The summed E-state index contributed by atoms with van der Waals surface area (Å²) in [5.74, 6) is -0.997. The summed E-state index contributed by atoms with van der Waals surface area (Å²) in [4.78, 5) is 18.4. The zero-order valence-corrected chi connectivity index (χ0v) is 9.26. The molecule has 0 amide bonds. The lowest BCUT2D eigenvalue weighted by Gasteiger charge is -2.21. The van der Waals surface area contributed by atoms with Crippen LogP contribution >= 0.6 is 0 Å². The first-order chi connectivity index (χ1) is 8.25. The molecule has 0 bridgehead atoms. The van der Waals surface area contributed by atoms with E-state index in [4.69, 9.17) is 5.11 Å². The summed E-state index contributed by atoms with van der Waals surface area (Å²) < 4.78 is 1.96. The van der Waals surface area contributed by atoms with E-state index >= 15 is 0 Å². The highest BCUT2D eigenvalue weighted by Crippen LogP contribution is 2.28. The van der Waals surface area contributed by atoms with Gasteiger partial charge < -0.3 is 14.7 Å². The van der Waals surface area contributed by atoms with Gasteiger partial charge in [0.1, 0.15) is 0 Å². The molecule has 2 aromatic rings. The summed E-state index contributed by atoms with van der Waals surface area (Å²) in [5.41, 5.74) is 3.17. The van der Waals surface area contributed by atoms with E-state index in [1.54, 1.807) is 6.33 Å². The first-order valence-electron chi connectivity index (χ1n) is 5.65. The number of imidazole rings is 1. The van der Waals surface area contributed by atoms with Crippen LogP contribution in [0, 0.1) is 5.92 Å². The Morgan fingerprint density at radius 1 is 1.59 bits per heavy atom. The second-order valence-electron chi connectivity index (χ2n) is 4.37. The molecular formula is C12H13N3O2. The molecule has 1 aliphatic rings. The molecule has 5 nitrogen and oxygen atoms in total. The van der Waals surface area contributed by atoms with Crippen LogP contribution < -0.4 is 0 Å². The van der Waals surface area contributed by atoms with E-state index < -0.39 is 5.97 Å². The van der Waals surface area contributed by atoms with Crippen molar-refractivity contribution in [1.82, 2.24) is 14.5 Å². The average molecular weight is 231 g/mol. The van der Waals surface area contributed by atoms with Crippen molar-refractivity contribution in [3.63, 3.8) is 0 Å². The van der Waals surface area contributed by atoms with Gasteiger partial charge in [0.25, 0.3) is 0 Å². The molecule has 1 aliphatic heterocycles. The molecule has 17 heavy (non-hydrogen) atoms. The first kappa shape index (κ1) is 10.1. The van der Waals surface area contributed by atoms with Crippen molar-refractivity contribution in [2.45, 2.75) is 19.4 Å². The number of nitrogens with one attached hydrogen (secondary N) is 1. The fraction of sp³-hybridized carbons (Fsp3) is 0.333. The summed E-state index contributed by atoms with van der Waals surface area (Å²) >= 11 is 0. The minimum atomic E-state index is -0.715. The van der Waals surface area contributed by atoms with Gasteiger partial charge in [0, 0.05) is 30.2 Å². The van der Waals surface area contributed by atoms with E-state index in [1.807, 2.05) is 23.0 Å². The Bertz CT molecular complexity index is 542. The fourth-order valence-electron chi connectivity index (χ4n) is 2.38. The highest BCUT2D eigenvalue weighted by Gasteiger charge is 2.26. The van der Waals surface area contributed by atoms with Gasteiger partial charge in [-0.25, -0.2) is 4.98 Å². The van der Waals surface area contributed by atoms with Crippen molar-refractivity contribution in [1.29, 1.82) is 0 Å². The van der Waals surface area contributed by atoms with E-state index in [2.05, 4.69) is 9.97 Å². The number of hydrogen-bond acceptors (Lipinski definition) is 2. The van der Waals surface area contributed by atoms with Crippen LogP contribution in [0.15, 0.2) is 24.8 Å². The zero-order valence-electron chi connectivity index (χ0n) is 9.26. The minimum absolute atomic E-state index is 0.282. The third-order valence-electron chi connectivity index (χ3n) is 3.31. The summed E-state index contributed by atoms with van der Waals surface area (Å²) in [7, 11) is 0. The summed E-state index contributed by atoms with van der Waals surface area (Å²) in [6.45, 7) is 0.530. The number of nitrogens with zero attached hydrogens (tertiary/aromatic N) is 2. The maximum atomic E-state index is 11.0. The number of hydrogen-bond donors (Lipinski definition) is 2. The van der Waals surface area contributed by atoms with E-state index in [1.165, 1.54) is 0 Å². The number of aliphatic carboxylic acids is 1. The number of carboxylic acid groups (broad SMARTS) is 1. The van der Waals surface area contributed by atoms with Crippen molar-refractivity contribution in [3.05, 3.63) is 30.5 Å². The van der Waals surface area contributed by atoms with Crippen LogP contribution in [-0.2, 0) is 17.8 Å². The van der Waals surface area contributed by atoms with E-state index in [9.17, 15) is 4.79 Å². The fourth-order valence-corrected chi connectivity index (χ4v) is 2.38. The molecule has 1 atom stereocenters. The van der Waals surface area contributed by atoms with Gasteiger partial charge in [-0.3, -0.25) is 4.79 Å². The molecule has 3 rings (SSSR count). The predicted molar refractivity (Wildman–Crippen MR) is 61.5 cm³/mol. The van der Waals surface area contributed by atoms with Crippen molar-refractivity contribution < 1.29 is 9.90 Å². The van der Waals surface area contributed by atoms with E-state index in [-0.39, 0.29) is 5.92 Å². The molecule has 0 aromatic carbocycles. The van der Waals surface area contributed by atoms with Gasteiger partial charge in [-0.2, -0.15) is 0 Å². The summed E-state index contributed by atoms with van der Waals surface area (Å²) in [6.07, 6.45) is 6.99. The Morgan fingerprint density at radius 3 is 3.18 bits per heavy atom.